The Kier molecular flexibility index (Phi) is 3.46. The lowest BCUT2D eigenvalue weighted by molar-refractivity contribution is -0.384. The molecular weight excluding hydrogens is 246 g/mol. The second-order valence-electron chi connectivity index (χ2n) is 4.31. The monoisotopic (exact) mass is 261 g/mol. The maximum absolute atomic E-state index is 11.0. The highest BCUT2D eigenvalue weighted by Crippen LogP contribution is 2.25. The van der Waals surface area contributed by atoms with Gasteiger partial charge in [-0.1, -0.05) is 0 Å². The first-order valence-electron chi connectivity index (χ1n) is 5.82. The third-order valence-corrected chi connectivity index (χ3v) is 3.09. The Labute approximate surface area is 110 Å². The quantitative estimate of drug-likeness (QED) is 0.671. The van der Waals surface area contributed by atoms with E-state index in [4.69, 9.17) is 0 Å². The van der Waals surface area contributed by atoms with E-state index in [1.165, 1.54) is 0 Å². The minimum absolute atomic E-state index is 0.0176. The van der Waals surface area contributed by atoms with Crippen molar-refractivity contribution in [1.29, 1.82) is 0 Å². The maximum atomic E-state index is 11.0. The molecule has 19 heavy (non-hydrogen) atoms. The molecule has 0 aromatic carbocycles. The molecule has 0 bridgehead atoms. The minimum atomic E-state index is -0.416. The van der Waals surface area contributed by atoms with E-state index in [0.29, 0.717) is 12.1 Å². The number of nitrogens with one attached hydrogen (secondary N) is 1. The SMILES string of the molecule is Cc1ccnc(NCc2cnn(C)c2C)c1[N+](=O)[O-]. The van der Waals surface area contributed by atoms with E-state index in [1.54, 1.807) is 30.1 Å². The molecule has 7 nitrogen and oxygen atoms in total. The van der Waals surface area contributed by atoms with Gasteiger partial charge in [-0.05, 0) is 19.9 Å². The predicted octanol–water partition coefficient (Wildman–Crippen LogP) is 1.95. The Morgan fingerprint density at radius 3 is 2.79 bits per heavy atom. The van der Waals surface area contributed by atoms with Gasteiger partial charge in [0.15, 0.2) is 0 Å². The topological polar surface area (TPSA) is 85.9 Å². The first-order chi connectivity index (χ1) is 9.00. The van der Waals surface area contributed by atoms with E-state index < -0.39 is 4.92 Å². The molecular formula is C12H15N5O2. The van der Waals surface area contributed by atoms with Crippen molar-refractivity contribution in [2.75, 3.05) is 5.32 Å². The average Bonchev–Trinajstić information content (AvgIpc) is 2.67. The third kappa shape index (κ3) is 2.54. The van der Waals surface area contributed by atoms with Crippen LogP contribution in [0.4, 0.5) is 11.5 Å². The third-order valence-electron chi connectivity index (χ3n) is 3.09. The molecule has 1 N–H and O–H groups in total. The van der Waals surface area contributed by atoms with Crippen molar-refractivity contribution in [3.05, 3.63) is 45.4 Å². The molecule has 7 heteroatoms. The largest absolute Gasteiger partial charge is 0.360 e. The first kappa shape index (κ1) is 13.0. The summed E-state index contributed by atoms with van der Waals surface area (Å²) >= 11 is 0. The summed E-state index contributed by atoms with van der Waals surface area (Å²) in [4.78, 5) is 14.7. The van der Waals surface area contributed by atoms with Crippen LogP contribution < -0.4 is 5.32 Å². The number of nitrogens with zero attached hydrogens (tertiary/aromatic N) is 4. The summed E-state index contributed by atoms with van der Waals surface area (Å²) in [6.07, 6.45) is 3.30. The van der Waals surface area contributed by atoms with Crippen LogP contribution >= 0.6 is 0 Å². The fraction of sp³-hybridized carbons (Fsp3) is 0.333. The molecule has 0 aliphatic heterocycles. The van der Waals surface area contributed by atoms with Crippen molar-refractivity contribution in [2.45, 2.75) is 20.4 Å². The van der Waals surface area contributed by atoms with E-state index in [2.05, 4.69) is 15.4 Å². The van der Waals surface area contributed by atoms with Gasteiger partial charge in [0.25, 0.3) is 0 Å². The number of hydrogen-bond donors (Lipinski definition) is 1. The predicted molar refractivity (Wildman–Crippen MR) is 70.9 cm³/mol. The van der Waals surface area contributed by atoms with Crippen LogP contribution in [0.3, 0.4) is 0 Å². The Morgan fingerprint density at radius 2 is 2.21 bits per heavy atom. The lowest BCUT2D eigenvalue weighted by Crippen LogP contribution is -2.06. The number of rotatable bonds is 4. The van der Waals surface area contributed by atoms with Crippen molar-refractivity contribution in [2.24, 2.45) is 7.05 Å². The number of anilines is 1. The van der Waals surface area contributed by atoms with Gasteiger partial charge in [-0.3, -0.25) is 14.8 Å². The smallest absolute Gasteiger partial charge is 0.314 e. The first-order valence-corrected chi connectivity index (χ1v) is 5.82. The summed E-state index contributed by atoms with van der Waals surface area (Å²) < 4.78 is 1.76. The van der Waals surface area contributed by atoms with Crippen LogP contribution in [0.15, 0.2) is 18.5 Å². The van der Waals surface area contributed by atoms with Crippen LogP contribution in [0.1, 0.15) is 16.8 Å². The van der Waals surface area contributed by atoms with Crippen LogP contribution in [0.25, 0.3) is 0 Å². The molecule has 2 aromatic heterocycles. The fourth-order valence-corrected chi connectivity index (χ4v) is 1.81. The molecule has 0 atom stereocenters. The molecule has 2 rings (SSSR count). The summed E-state index contributed by atoms with van der Waals surface area (Å²) in [5.74, 6) is 0.285. The van der Waals surface area contributed by atoms with E-state index in [0.717, 1.165) is 11.3 Å². The molecule has 0 unspecified atom stereocenters. The van der Waals surface area contributed by atoms with E-state index in [-0.39, 0.29) is 11.5 Å². The molecule has 0 aliphatic rings. The van der Waals surface area contributed by atoms with Gasteiger partial charge in [0, 0.05) is 36.6 Å². The maximum Gasteiger partial charge on any atom is 0.314 e. The normalized spacial score (nSPS) is 10.5. The van der Waals surface area contributed by atoms with Gasteiger partial charge in [0.2, 0.25) is 5.82 Å². The minimum Gasteiger partial charge on any atom is -0.360 e. The molecule has 0 amide bonds. The van der Waals surface area contributed by atoms with Crippen molar-refractivity contribution in [3.8, 4) is 0 Å². The second kappa shape index (κ2) is 5.05. The molecule has 0 radical (unpaired) electrons. The number of hydrogen-bond acceptors (Lipinski definition) is 5. The van der Waals surface area contributed by atoms with Crippen LogP contribution in [0.2, 0.25) is 0 Å². The second-order valence-corrected chi connectivity index (χ2v) is 4.31. The Balaban J connectivity index is 2.23. The number of pyridine rings is 1. The zero-order valence-electron chi connectivity index (χ0n) is 11.0. The van der Waals surface area contributed by atoms with Crippen molar-refractivity contribution < 1.29 is 4.92 Å². The summed E-state index contributed by atoms with van der Waals surface area (Å²) in [5.41, 5.74) is 2.61. The molecule has 0 saturated carbocycles. The molecule has 100 valence electrons. The van der Waals surface area contributed by atoms with Gasteiger partial charge in [-0.15, -0.1) is 0 Å². The standard InChI is InChI=1S/C12H15N5O2/c1-8-4-5-13-12(11(8)17(18)19)14-6-10-7-15-16(3)9(10)2/h4-5,7H,6H2,1-3H3,(H,13,14). The van der Waals surface area contributed by atoms with Crippen LogP contribution in [0.5, 0.6) is 0 Å². The summed E-state index contributed by atoms with van der Waals surface area (Å²) in [6.45, 7) is 4.10. The molecule has 2 aromatic rings. The average molecular weight is 261 g/mol. The van der Waals surface area contributed by atoms with Crippen LogP contribution in [-0.2, 0) is 13.6 Å². The zero-order valence-corrected chi connectivity index (χ0v) is 11.0. The van der Waals surface area contributed by atoms with E-state index >= 15 is 0 Å². The number of nitro groups is 1. The summed E-state index contributed by atoms with van der Waals surface area (Å²) in [6, 6.07) is 1.62. The highest BCUT2D eigenvalue weighted by molar-refractivity contribution is 5.59. The number of aryl methyl sites for hydroxylation is 2. The highest BCUT2D eigenvalue weighted by Gasteiger charge is 2.18. The van der Waals surface area contributed by atoms with Gasteiger partial charge >= 0.3 is 5.69 Å². The molecule has 0 fully saturated rings. The van der Waals surface area contributed by atoms with Gasteiger partial charge in [-0.25, -0.2) is 4.98 Å². The molecule has 0 saturated heterocycles. The van der Waals surface area contributed by atoms with Gasteiger partial charge in [-0.2, -0.15) is 5.10 Å². The van der Waals surface area contributed by atoms with Crippen LogP contribution in [-0.4, -0.2) is 19.7 Å². The Morgan fingerprint density at radius 1 is 1.47 bits per heavy atom. The number of aromatic nitrogens is 3. The lowest BCUT2D eigenvalue weighted by atomic mass is 10.2. The molecule has 2 heterocycles. The van der Waals surface area contributed by atoms with Gasteiger partial charge < -0.3 is 5.32 Å². The van der Waals surface area contributed by atoms with Crippen molar-refractivity contribution >= 4 is 11.5 Å². The van der Waals surface area contributed by atoms with Crippen molar-refractivity contribution in [3.63, 3.8) is 0 Å². The fourth-order valence-electron chi connectivity index (χ4n) is 1.81. The molecule has 0 aliphatic carbocycles. The van der Waals surface area contributed by atoms with E-state index in [9.17, 15) is 10.1 Å². The van der Waals surface area contributed by atoms with Crippen molar-refractivity contribution in [1.82, 2.24) is 14.8 Å². The lowest BCUT2D eigenvalue weighted by Gasteiger charge is -2.07. The van der Waals surface area contributed by atoms with Gasteiger partial charge in [0.1, 0.15) is 0 Å². The van der Waals surface area contributed by atoms with E-state index in [1.807, 2.05) is 14.0 Å². The molecule has 0 spiro atoms. The summed E-state index contributed by atoms with van der Waals surface area (Å²) in [7, 11) is 1.85. The Hall–Kier alpha value is -2.44. The summed E-state index contributed by atoms with van der Waals surface area (Å²) in [5, 5.41) is 18.2. The highest BCUT2D eigenvalue weighted by atomic mass is 16.6. The zero-order chi connectivity index (χ0) is 14.0. The van der Waals surface area contributed by atoms with Crippen LogP contribution in [0, 0.1) is 24.0 Å². The Bertz CT molecular complexity index is 621. The van der Waals surface area contributed by atoms with Gasteiger partial charge in [0.05, 0.1) is 11.1 Å².